The summed E-state index contributed by atoms with van der Waals surface area (Å²) >= 11 is 0. The smallest absolute Gasteiger partial charge is 0.0690 e. The average Bonchev–Trinajstić information content (AvgIpc) is 2.05. The zero-order valence-corrected chi connectivity index (χ0v) is 7.83. The summed E-state index contributed by atoms with van der Waals surface area (Å²) in [6, 6.07) is 2.01. The van der Waals surface area contributed by atoms with Crippen molar-refractivity contribution in [3.8, 4) is 0 Å². The number of nitrogens with zero attached hydrogens (tertiary/aromatic N) is 2. The lowest BCUT2D eigenvalue weighted by molar-refractivity contribution is 1.07. The molecule has 0 fully saturated rings. The molecule has 2 nitrogen and oxygen atoms in total. The zero-order chi connectivity index (χ0) is 8.97. The maximum Gasteiger partial charge on any atom is 0.0690 e. The van der Waals surface area contributed by atoms with Crippen LogP contribution in [0.15, 0.2) is 17.3 Å². The molecule has 0 aliphatic rings. The van der Waals surface area contributed by atoms with Crippen molar-refractivity contribution in [3.05, 3.63) is 23.5 Å². The number of aromatic nitrogens is 1. The van der Waals surface area contributed by atoms with Crippen LogP contribution in [-0.2, 0) is 6.42 Å². The van der Waals surface area contributed by atoms with Gasteiger partial charge in [-0.3, -0.25) is 9.98 Å². The Morgan fingerprint density at radius 1 is 1.58 bits per heavy atom. The van der Waals surface area contributed by atoms with E-state index in [0.717, 1.165) is 17.8 Å². The maximum atomic E-state index is 4.27. The molecule has 0 atom stereocenters. The minimum Gasteiger partial charge on any atom is -0.261 e. The van der Waals surface area contributed by atoms with E-state index >= 15 is 0 Å². The molecule has 2 heteroatoms. The molecular weight excluding hydrogens is 148 g/mol. The monoisotopic (exact) mass is 162 g/mol. The van der Waals surface area contributed by atoms with Gasteiger partial charge < -0.3 is 0 Å². The van der Waals surface area contributed by atoms with Gasteiger partial charge >= 0.3 is 0 Å². The molecule has 0 aromatic carbocycles. The summed E-state index contributed by atoms with van der Waals surface area (Å²) in [5, 5.41) is 0. The summed E-state index contributed by atoms with van der Waals surface area (Å²) in [7, 11) is 0. The molecule has 0 unspecified atom stereocenters. The summed E-state index contributed by atoms with van der Waals surface area (Å²) in [6.45, 7) is 6.02. The summed E-state index contributed by atoms with van der Waals surface area (Å²) < 4.78 is 0. The fraction of sp³-hybridized carbons (Fsp3) is 0.400. The number of aryl methyl sites for hydroxylation is 2. The average molecular weight is 162 g/mol. The van der Waals surface area contributed by atoms with Crippen LogP contribution < -0.4 is 0 Å². The summed E-state index contributed by atoms with van der Waals surface area (Å²) in [6.07, 6.45) is 4.70. The van der Waals surface area contributed by atoms with Gasteiger partial charge in [0.2, 0.25) is 0 Å². The van der Waals surface area contributed by atoms with Crippen LogP contribution in [0.25, 0.3) is 0 Å². The quantitative estimate of drug-likeness (QED) is 0.614. The Morgan fingerprint density at radius 2 is 2.33 bits per heavy atom. The van der Waals surface area contributed by atoms with Crippen LogP contribution in [0.5, 0.6) is 0 Å². The Labute approximate surface area is 73.4 Å². The highest BCUT2D eigenvalue weighted by molar-refractivity contribution is 5.62. The number of aliphatic imine (C=N–C) groups is 1. The second kappa shape index (κ2) is 4.00. The second-order valence-electron chi connectivity index (χ2n) is 2.70. The van der Waals surface area contributed by atoms with E-state index in [1.165, 1.54) is 5.56 Å². The van der Waals surface area contributed by atoms with Gasteiger partial charge in [0.25, 0.3) is 0 Å². The van der Waals surface area contributed by atoms with Crippen LogP contribution in [0.2, 0.25) is 0 Å². The lowest BCUT2D eigenvalue weighted by atomic mass is 10.2. The normalized spacial score (nSPS) is 10.9. The van der Waals surface area contributed by atoms with Gasteiger partial charge in [0.05, 0.1) is 5.69 Å². The van der Waals surface area contributed by atoms with E-state index < -0.39 is 0 Å². The first-order valence-electron chi connectivity index (χ1n) is 4.22. The topological polar surface area (TPSA) is 25.2 Å². The van der Waals surface area contributed by atoms with E-state index in [1.54, 1.807) is 0 Å². The molecule has 0 saturated heterocycles. The highest BCUT2D eigenvalue weighted by Gasteiger charge is 1.98. The molecule has 0 spiro atoms. The van der Waals surface area contributed by atoms with Crippen molar-refractivity contribution >= 4 is 11.9 Å². The Bertz CT molecular complexity index is 290. The van der Waals surface area contributed by atoms with Gasteiger partial charge in [0.1, 0.15) is 0 Å². The SMILES string of the molecule is CC=Nc1cc(C)ncc1CC. The van der Waals surface area contributed by atoms with Gasteiger partial charge in [-0.05, 0) is 31.9 Å². The molecular formula is C10H14N2. The van der Waals surface area contributed by atoms with Crippen molar-refractivity contribution in [1.82, 2.24) is 4.98 Å². The van der Waals surface area contributed by atoms with Gasteiger partial charge in [-0.15, -0.1) is 0 Å². The fourth-order valence-electron chi connectivity index (χ4n) is 1.11. The van der Waals surface area contributed by atoms with E-state index in [4.69, 9.17) is 0 Å². The third-order valence-corrected chi connectivity index (χ3v) is 1.75. The van der Waals surface area contributed by atoms with Crippen molar-refractivity contribution in [2.75, 3.05) is 0 Å². The highest BCUT2D eigenvalue weighted by Crippen LogP contribution is 2.18. The molecule has 0 saturated carbocycles. The molecule has 0 aliphatic carbocycles. The molecule has 0 bridgehead atoms. The lowest BCUT2D eigenvalue weighted by Crippen LogP contribution is -1.86. The molecule has 0 N–H and O–H groups in total. The Hall–Kier alpha value is -1.18. The van der Waals surface area contributed by atoms with E-state index in [9.17, 15) is 0 Å². The van der Waals surface area contributed by atoms with Crippen molar-refractivity contribution in [1.29, 1.82) is 0 Å². The molecule has 0 amide bonds. The van der Waals surface area contributed by atoms with E-state index in [-0.39, 0.29) is 0 Å². The molecule has 1 aromatic heterocycles. The van der Waals surface area contributed by atoms with E-state index in [2.05, 4.69) is 16.9 Å². The molecule has 64 valence electrons. The van der Waals surface area contributed by atoms with Gasteiger partial charge in [0.15, 0.2) is 0 Å². The van der Waals surface area contributed by atoms with Gasteiger partial charge in [-0.2, -0.15) is 0 Å². The maximum absolute atomic E-state index is 4.27. The van der Waals surface area contributed by atoms with Crippen LogP contribution in [0, 0.1) is 6.92 Å². The molecule has 0 aliphatic heterocycles. The number of hydrogen-bond acceptors (Lipinski definition) is 2. The van der Waals surface area contributed by atoms with E-state index in [0.29, 0.717) is 0 Å². The number of rotatable bonds is 2. The fourth-order valence-corrected chi connectivity index (χ4v) is 1.11. The van der Waals surface area contributed by atoms with E-state index in [1.807, 2.05) is 32.3 Å². The first-order valence-corrected chi connectivity index (χ1v) is 4.22. The predicted molar refractivity (Wildman–Crippen MR) is 52.2 cm³/mol. The first-order chi connectivity index (χ1) is 5.77. The van der Waals surface area contributed by atoms with Crippen molar-refractivity contribution < 1.29 is 0 Å². The standard InChI is InChI=1S/C10H14N2/c1-4-9-7-12-8(3)6-10(9)11-5-2/h5-7H,4H2,1-3H3. The van der Waals surface area contributed by atoms with Gasteiger partial charge in [-0.1, -0.05) is 6.92 Å². The number of pyridine rings is 1. The van der Waals surface area contributed by atoms with Crippen molar-refractivity contribution in [3.63, 3.8) is 0 Å². The van der Waals surface area contributed by atoms with Crippen molar-refractivity contribution in [2.45, 2.75) is 27.2 Å². The summed E-state index contributed by atoms with van der Waals surface area (Å²) in [5.41, 5.74) is 3.28. The van der Waals surface area contributed by atoms with Crippen LogP contribution >= 0.6 is 0 Å². The lowest BCUT2D eigenvalue weighted by Gasteiger charge is -2.02. The van der Waals surface area contributed by atoms with Crippen LogP contribution in [0.3, 0.4) is 0 Å². The molecule has 1 aromatic rings. The van der Waals surface area contributed by atoms with Gasteiger partial charge in [-0.25, -0.2) is 0 Å². The molecule has 1 rings (SSSR count). The molecule has 0 radical (unpaired) electrons. The second-order valence-corrected chi connectivity index (χ2v) is 2.70. The minimum absolute atomic E-state index is 0.986. The summed E-state index contributed by atoms with van der Waals surface area (Å²) in [5.74, 6) is 0. The largest absolute Gasteiger partial charge is 0.261 e. The third-order valence-electron chi connectivity index (χ3n) is 1.75. The van der Waals surface area contributed by atoms with Crippen molar-refractivity contribution in [2.24, 2.45) is 4.99 Å². The van der Waals surface area contributed by atoms with Gasteiger partial charge in [0, 0.05) is 18.1 Å². The minimum atomic E-state index is 0.986. The third kappa shape index (κ3) is 1.91. The Balaban J connectivity index is 3.12. The summed E-state index contributed by atoms with van der Waals surface area (Å²) in [4.78, 5) is 8.49. The Morgan fingerprint density at radius 3 is 2.92 bits per heavy atom. The Kier molecular flexibility index (Phi) is 2.97. The predicted octanol–water partition coefficient (Wildman–Crippen LogP) is 2.67. The highest BCUT2D eigenvalue weighted by atomic mass is 14.7. The van der Waals surface area contributed by atoms with Crippen LogP contribution in [-0.4, -0.2) is 11.2 Å². The first kappa shape index (κ1) is 8.91. The number of hydrogen-bond donors (Lipinski definition) is 0. The molecule has 12 heavy (non-hydrogen) atoms. The van der Waals surface area contributed by atoms with Crippen LogP contribution in [0.1, 0.15) is 25.1 Å². The zero-order valence-electron chi connectivity index (χ0n) is 7.83. The molecule has 1 heterocycles. The van der Waals surface area contributed by atoms with Crippen LogP contribution in [0.4, 0.5) is 5.69 Å².